The molecule has 0 unspecified atom stereocenters. The van der Waals surface area contributed by atoms with Crippen LogP contribution >= 0.6 is 0 Å². The number of aromatic nitrogens is 4. The van der Waals surface area contributed by atoms with Crippen LogP contribution in [0.15, 0.2) is 64.2 Å². The Morgan fingerprint density at radius 3 is 2.47 bits per heavy atom. The summed E-state index contributed by atoms with van der Waals surface area (Å²) in [4.78, 5) is 33.6. The number of nitrogens with zero attached hydrogens (tertiary/aromatic N) is 5. The summed E-state index contributed by atoms with van der Waals surface area (Å²) in [6, 6.07) is 17.8. The number of aryl methyl sites for hydroxylation is 2. The van der Waals surface area contributed by atoms with Crippen molar-refractivity contribution in [3.05, 3.63) is 81.0 Å². The van der Waals surface area contributed by atoms with Crippen LogP contribution in [0.3, 0.4) is 0 Å². The number of hydrogen-bond donors (Lipinski definition) is 0. The van der Waals surface area contributed by atoms with Crippen molar-refractivity contribution < 1.29 is 4.74 Å². The SMILES string of the molecule is CCOc1ccc(N2C[C@H](C)Cn3c2nc2c3c(=O)n(CCc3ccccc3)c(=O)n2C)cc1. The highest BCUT2D eigenvalue weighted by atomic mass is 16.5. The number of rotatable bonds is 6. The molecule has 8 heteroatoms. The molecule has 0 radical (unpaired) electrons. The molecule has 0 saturated heterocycles. The zero-order valence-corrected chi connectivity index (χ0v) is 19.8. The van der Waals surface area contributed by atoms with Crippen LogP contribution in [0.25, 0.3) is 11.2 Å². The minimum absolute atomic E-state index is 0.284. The molecule has 0 saturated carbocycles. The van der Waals surface area contributed by atoms with Gasteiger partial charge in [0.2, 0.25) is 5.95 Å². The number of imidazole rings is 1. The van der Waals surface area contributed by atoms with Gasteiger partial charge >= 0.3 is 5.69 Å². The van der Waals surface area contributed by atoms with E-state index in [0.29, 0.717) is 49.1 Å². The van der Waals surface area contributed by atoms with Crippen molar-refractivity contribution in [2.24, 2.45) is 13.0 Å². The second kappa shape index (κ2) is 8.85. The van der Waals surface area contributed by atoms with Crippen LogP contribution in [0.5, 0.6) is 5.75 Å². The standard InChI is InChI=1S/C26H29N5O3/c1-4-34-21-12-10-20(11-13-21)30-16-18(2)17-31-22-23(27-25(30)31)28(3)26(33)29(24(22)32)15-14-19-8-6-5-7-9-19/h5-13,18H,4,14-17H2,1-3H3/t18-/m0/s1. The molecule has 34 heavy (non-hydrogen) atoms. The van der Waals surface area contributed by atoms with E-state index < -0.39 is 0 Å². The first kappa shape index (κ1) is 22.0. The predicted molar refractivity (Wildman–Crippen MR) is 133 cm³/mol. The number of benzene rings is 2. The molecule has 5 rings (SSSR count). The summed E-state index contributed by atoms with van der Waals surface area (Å²) in [7, 11) is 1.69. The van der Waals surface area contributed by atoms with Gasteiger partial charge in [0.15, 0.2) is 11.2 Å². The Bertz CT molecular complexity index is 1430. The third kappa shape index (κ3) is 3.79. The lowest BCUT2D eigenvalue weighted by atomic mass is 10.1. The Balaban J connectivity index is 1.60. The zero-order valence-electron chi connectivity index (χ0n) is 19.8. The predicted octanol–water partition coefficient (Wildman–Crippen LogP) is 3.33. The van der Waals surface area contributed by atoms with E-state index in [1.807, 2.05) is 66.1 Å². The number of fused-ring (bicyclic) bond motifs is 3. The third-order valence-corrected chi connectivity index (χ3v) is 6.37. The maximum absolute atomic E-state index is 13.6. The average Bonchev–Trinajstić information content (AvgIpc) is 3.23. The van der Waals surface area contributed by atoms with Gasteiger partial charge in [0, 0.05) is 32.4 Å². The normalized spacial score (nSPS) is 15.5. The van der Waals surface area contributed by atoms with Crippen molar-refractivity contribution in [3.8, 4) is 5.75 Å². The van der Waals surface area contributed by atoms with Gasteiger partial charge in [-0.15, -0.1) is 0 Å². The first-order chi connectivity index (χ1) is 16.5. The molecule has 0 spiro atoms. The molecule has 1 aliphatic rings. The van der Waals surface area contributed by atoms with E-state index in [2.05, 4.69) is 11.8 Å². The molecule has 4 aromatic rings. The van der Waals surface area contributed by atoms with Gasteiger partial charge in [-0.3, -0.25) is 13.9 Å². The molecule has 1 aliphatic heterocycles. The quantitative estimate of drug-likeness (QED) is 0.442. The molecule has 0 N–H and O–H groups in total. The van der Waals surface area contributed by atoms with Crippen molar-refractivity contribution in [1.82, 2.24) is 18.7 Å². The summed E-state index contributed by atoms with van der Waals surface area (Å²) in [6.07, 6.45) is 0.608. The molecule has 0 aliphatic carbocycles. The van der Waals surface area contributed by atoms with Crippen molar-refractivity contribution in [2.75, 3.05) is 18.1 Å². The highest BCUT2D eigenvalue weighted by molar-refractivity contribution is 5.77. The molecular formula is C26H29N5O3. The number of hydrogen-bond acceptors (Lipinski definition) is 5. The molecule has 8 nitrogen and oxygen atoms in total. The van der Waals surface area contributed by atoms with E-state index in [-0.39, 0.29) is 11.2 Å². The first-order valence-electron chi connectivity index (χ1n) is 11.7. The van der Waals surface area contributed by atoms with Crippen molar-refractivity contribution >= 4 is 22.8 Å². The van der Waals surface area contributed by atoms with E-state index in [9.17, 15) is 9.59 Å². The fourth-order valence-corrected chi connectivity index (χ4v) is 4.69. The summed E-state index contributed by atoms with van der Waals surface area (Å²) < 4.78 is 10.4. The van der Waals surface area contributed by atoms with Crippen molar-refractivity contribution in [2.45, 2.75) is 33.4 Å². The fourth-order valence-electron chi connectivity index (χ4n) is 4.69. The lowest BCUT2D eigenvalue weighted by Crippen LogP contribution is -2.40. The Morgan fingerprint density at radius 2 is 1.76 bits per heavy atom. The van der Waals surface area contributed by atoms with E-state index in [4.69, 9.17) is 9.72 Å². The van der Waals surface area contributed by atoms with Gasteiger partial charge in [-0.25, -0.2) is 4.79 Å². The van der Waals surface area contributed by atoms with Crippen LogP contribution in [-0.2, 0) is 26.6 Å². The second-order valence-electron chi connectivity index (χ2n) is 8.87. The molecule has 176 valence electrons. The monoisotopic (exact) mass is 459 g/mol. The Morgan fingerprint density at radius 1 is 1.03 bits per heavy atom. The van der Waals surface area contributed by atoms with E-state index >= 15 is 0 Å². The summed E-state index contributed by atoms with van der Waals surface area (Å²) in [5.74, 6) is 1.80. The van der Waals surface area contributed by atoms with Crippen molar-refractivity contribution in [3.63, 3.8) is 0 Å². The van der Waals surface area contributed by atoms with Crippen LogP contribution in [0.2, 0.25) is 0 Å². The largest absolute Gasteiger partial charge is 0.494 e. The molecule has 2 aromatic heterocycles. The zero-order chi connectivity index (χ0) is 23.8. The molecule has 0 bridgehead atoms. The molecule has 2 aromatic carbocycles. The lowest BCUT2D eigenvalue weighted by molar-refractivity contribution is 0.340. The maximum atomic E-state index is 13.6. The van der Waals surface area contributed by atoms with Gasteiger partial charge in [-0.05, 0) is 49.1 Å². The van der Waals surface area contributed by atoms with E-state index in [1.54, 1.807) is 7.05 Å². The summed E-state index contributed by atoms with van der Waals surface area (Å²) >= 11 is 0. The smallest absolute Gasteiger partial charge is 0.332 e. The highest BCUT2D eigenvalue weighted by Gasteiger charge is 2.29. The molecule has 3 heterocycles. The van der Waals surface area contributed by atoms with Crippen LogP contribution < -0.4 is 20.9 Å². The maximum Gasteiger partial charge on any atom is 0.332 e. The number of anilines is 2. The summed E-state index contributed by atoms with van der Waals surface area (Å²) in [6.45, 7) is 6.50. The molecule has 0 fully saturated rings. The second-order valence-corrected chi connectivity index (χ2v) is 8.87. The van der Waals surface area contributed by atoms with Gasteiger partial charge in [0.1, 0.15) is 5.75 Å². The Hall–Kier alpha value is -3.81. The first-order valence-corrected chi connectivity index (χ1v) is 11.7. The third-order valence-electron chi connectivity index (χ3n) is 6.37. The highest BCUT2D eigenvalue weighted by Crippen LogP contribution is 2.33. The molecule has 1 atom stereocenters. The number of ether oxygens (including phenoxy) is 1. The van der Waals surface area contributed by atoms with Gasteiger partial charge in [0.05, 0.1) is 6.61 Å². The average molecular weight is 460 g/mol. The molecular weight excluding hydrogens is 430 g/mol. The van der Waals surface area contributed by atoms with E-state index in [0.717, 1.165) is 23.5 Å². The van der Waals surface area contributed by atoms with Gasteiger partial charge < -0.3 is 14.2 Å². The molecule has 0 amide bonds. The topological polar surface area (TPSA) is 74.3 Å². The fraction of sp³-hybridized carbons (Fsp3) is 0.346. The summed E-state index contributed by atoms with van der Waals surface area (Å²) in [5, 5.41) is 0. The van der Waals surface area contributed by atoms with Crippen LogP contribution in [-0.4, -0.2) is 31.8 Å². The van der Waals surface area contributed by atoms with Gasteiger partial charge in [-0.2, -0.15) is 4.98 Å². The lowest BCUT2D eigenvalue weighted by Gasteiger charge is -2.33. The minimum Gasteiger partial charge on any atom is -0.494 e. The van der Waals surface area contributed by atoms with Crippen LogP contribution in [0.4, 0.5) is 11.6 Å². The minimum atomic E-state index is -0.343. The van der Waals surface area contributed by atoms with Crippen LogP contribution in [0, 0.1) is 5.92 Å². The summed E-state index contributed by atoms with van der Waals surface area (Å²) in [5.41, 5.74) is 2.33. The van der Waals surface area contributed by atoms with Crippen molar-refractivity contribution in [1.29, 1.82) is 0 Å². The van der Waals surface area contributed by atoms with Gasteiger partial charge in [-0.1, -0.05) is 37.3 Å². The van der Waals surface area contributed by atoms with E-state index in [1.165, 1.54) is 9.13 Å². The Labute approximate surface area is 197 Å². The Kier molecular flexibility index (Phi) is 5.73. The van der Waals surface area contributed by atoms with Crippen LogP contribution in [0.1, 0.15) is 19.4 Å². The van der Waals surface area contributed by atoms with Gasteiger partial charge in [0.25, 0.3) is 5.56 Å².